The first-order chi connectivity index (χ1) is 4.88. The van der Waals surface area contributed by atoms with Gasteiger partial charge in [-0.15, -0.1) is 0 Å². The molecule has 2 heteroatoms. The second kappa shape index (κ2) is 2.04. The quantitative estimate of drug-likeness (QED) is 0.486. The van der Waals surface area contributed by atoms with E-state index < -0.39 is 0 Å². The highest BCUT2D eigenvalue weighted by Crippen LogP contribution is 2.34. The van der Waals surface area contributed by atoms with Gasteiger partial charge >= 0.3 is 0 Å². The Hall–Kier alpha value is -0.920. The predicted octanol–water partition coefficient (Wildman–Crippen LogP) is 2.79. The molecule has 0 radical (unpaired) electrons. The van der Waals surface area contributed by atoms with Gasteiger partial charge in [0, 0.05) is 5.57 Å². The summed E-state index contributed by atoms with van der Waals surface area (Å²) in [6.07, 6.45) is 4.80. The molecule has 0 bridgehead atoms. The highest BCUT2D eigenvalue weighted by Gasteiger charge is 2.18. The summed E-state index contributed by atoms with van der Waals surface area (Å²) >= 11 is 0. The van der Waals surface area contributed by atoms with Crippen LogP contribution in [0.1, 0.15) is 25.7 Å². The van der Waals surface area contributed by atoms with Crippen LogP contribution in [0.25, 0.3) is 0 Å². The van der Waals surface area contributed by atoms with Crippen molar-refractivity contribution in [2.45, 2.75) is 25.7 Å². The molecule has 1 aliphatic carbocycles. The van der Waals surface area contributed by atoms with Crippen LogP contribution >= 0.6 is 0 Å². The van der Waals surface area contributed by atoms with E-state index in [-0.39, 0.29) is 0 Å². The highest BCUT2D eigenvalue weighted by atomic mass is 15.1. The first-order valence-corrected chi connectivity index (χ1v) is 3.71. The molecule has 0 saturated carbocycles. The Kier molecular flexibility index (Phi) is 1.19. The molecule has 10 heavy (non-hydrogen) atoms. The predicted molar refractivity (Wildman–Crippen MR) is 39.5 cm³/mol. The molecule has 0 spiro atoms. The number of allylic oxidation sites excluding steroid dienone is 2. The smallest absolute Gasteiger partial charge is 0.0836 e. The van der Waals surface area contributed by atoms with E-state index in [1.54, 1.807) is 0 Å². The molecule has 0 amide bonds. The zero-order valence-electron chi connectivity index (χ0n) is 5.93. The summed E-state index contributed by atoms with van der Waals surface area (Å²) in [5.74, 6) is 0. The summed E-state index contributed by atoms with van der Waals surface area (Å²) < 4.78 is 0. The van der Waals surface area contributed by atoms with Gasteiger partial charge in [-0.05, 0) is 25.7 Å². The SMILES string of the molecule is C=C1N=NC2=C1CCCC2. The first-order valence-electron chi connectivity index (χ1n) is 3.71. The first kappa shape index (κ1) is 5.83. The molecule has 0 aromatic rings. The Morgan fingerprint density at radius 1 is 1.10 bits per heavy atom. The normalized spacial score (nSPS) is 23.8. The fourth-order valence-electron chi connectivity index (χ4n) is 1.49. The van der Waals surface area contributed by atoms with Crippen molar-refractivity contribution in [3.05, 3.63) is 23.5 Å². The van der Waals surface area contributed by atoms with Gasteiger partial charge in [-0.25, -0.2) is 0 Å². The number of nitrogens with zero attached hydrogens (tertiary/aromatic N) is 2. The molecular weight excluding hydrogens is 124 g/mol. The zero-order chi connectivity index (χ0) is 6.97. The van der Waals surface area contributed by atoms with E-state index in [1.165, 1.54) is 24.1 Å². The highest BCUT2D eigenvalue weighted by molar-refractivity contribution is 5.36. The van der Waals surface area contributed by atoms with E-state index in [4.69, 9.17) is 0 Å². The lowest BCUT2D eigenvalue weighted by Gasteiger charge is -2.09. The summed E-state index contributed by atoms with van der Waals surface area (Å²) in [4.78, 5) is 0. The Balaban J connectivity index is 2.36. The molecule has 2 aliphatic rings. The molecule has 0 N–H and O–H groups in total. The molecule has 1 aliphatic heterocycles. The molecule has 0 aromatic carbocycles. The van der Waals surface area contributed by atoms with E-state index in [9.17, 15) is 0 Å². The lowest BCUT2D eigenvalue weighted by molar-refractivity contribution is 0.681. The summed E-state index contributed by atoms with van der Waals surface area (Å²) in [6.45, 7) is 3.82. The average Bonchev–Trinajstić information content (AvgIpc) is 2.34. The largest absolute Gasteiger partial charge is 0.155 e. The van der Waals surface area contributed by atoms with Gasteiger partial charge in [-0.1, -0.05) is 6.58 Å². The van der Waals surface area contributed by atoms with Crippen molar-refractivity contribution >= 4 is 0 Å². The molecule has 0 saturated heterocycles. The van der Waals surface area contributed by atoms with Crippen LogP contribution in [0.2, 0.25) is 0 Å². The van der Waals surface area contributed by atoms with E-state index in [1.807, 2.05) is 0 Å². The molecule has 0 unspecified atom stereocenters. The molecule has 0 atom stereocenters. The summed E-state index contributed by atoms with van der Waals surface area (Å²) in [6, 6.07) is 0. The van der Waals surface area contributed by atoms with Gasteiger partial charge in [0.15, 0.2) is 0 Å². The van der Waals surface area contributed by atoms with E-state index in [0.29, 0.717) is 0 Å². The fraction of sp³-hybridized carbons (Fsp3) is 0.500. The third-order valence-electron chi connectivity index (χ3n) is 2.08. The van der Waals surface area contributed by atoms with Gasteiger partial charge < -0.3 is 0 Å². The van der Waals surface area contributed by atoms with Crippen LogP contribution in [0.4, 0.5) is 0 Å². The average molecular weight is 134 g/mol. The topological polar surface area (TPSA) is 24.7 Å². The van der Waals surface area contributed by atoms with Crippen molar-refractivity contribution in [3.8, 4) is 0 Å². The molecule has 2 nitrogen and oxygen atoms in total. The second-order valence-electron chi connectivity index (χ2n) is 2.78. The number of hydrogen-bond donors (Lipinski definition) is 0. The summed E-state index contributed by atoms with van der Waals surface area (Å²) in [5, 5.41) is 7.98. The van der Waals surface area contributed by atoms with Gasteiger partial charge in [0.05, 0.1) is 11.4 Å². The maximum Gasteiger partial charge on any atom is 0.0836 e. The summed E-state index contributed by atoms with van der Waals surface area (Å²) in [5.41, 5.74) is 3.40. The summed E-state index contributed by atoms with van der Waals surface area (Å²) in [7, 11) is 0. The Bertz CT molecular complexity index is 228. The molecule has 0 aromatic heterocycles. The Morgan fingerprint density at radius 3 is 2.70 bits per heavy atom. The maximum absolute atomic E-state index is 4.04. The van der Waals surface area contributed by atoms with Crippen molar-refractivity contribution in [1.82, 2.24) is 0 Å². The van der Waals surface area contributed by atoms with E-state index in [0.717, 1.165) is 18.5 Å². The van der Waals surface area contributed by atoms with Crippen LogP contribution in [-0.4, -0.2) is 0 Å². The van der Waals surface area contributed by atoms with Crippen LogP contribution in [0.5, 0.6) is 0 Å². The van der Waals surface area contributed by atoms with Crippen LogP contribution in [0.15, 0.2) is 33.8 Å². The van der Waals surface area contributed by atoms with Gasteiger partial charge in [-0.3, -0.25) is 0 Å². The lowest BCUT2D eigenvalue weighted by atomic mass is 9.96. The van der Waals surface area contributed by atoms with Crippen molar-refractivity contribution in [3.63, 3.8) is 0 Å². The molecule has 52 valence electrons. The minimum Gasteiger partial charge on any atom is -0.155 e. The van der Waals surface area contributed by atoms with Crippen LogP contribution in [0, 0.1) is 0 Å². The molecular formula is C8H10N2. The maximum atomic E-state index is 4.04. The van der Waals surface area contributed by atoms with Crippen molar-refractivity contribution in [1.29, 1.82) is 0 Å². The van der Waals surface area contributed by atoms with Crippen LogP contribution < -0.4 is 0 Å². The second-order valence-corrected chi connectivity index (χ2v) is 2.78. The number of azo groups is 1. The Labute approximate surface area is 60.3 Å². The molecule has 1 heterocycles. The Morgan fingerprint density at radius 2 is 1.90 bits per heavy atom. The monoisotopic (exact) mass is 134 g/mol. The minimum absolute atomic E-state index is 0.898. The van der Waals surface area contributed by atoms with Crippen LogP contribution in [0.3, 0.4) is 0 Å². The van der Waals surface area contributed by atoms with E-state index >= 15 is 0 Å². The van der Waals surface area contributed by atoms with Gasteiger partial charge in [0.25, 0.3) is 0 Å². The standard InChI is InChI=1S/C8H10N2/c1-6-7-4-2-3-5-8(7)10-9-6/h1-5H2. The number of rotatable bonds is 0. The molecule has 2 rings (SSSR count). The van der Waals surface area contributed by atoms with E-state index in [2.05, 4.69) is 16.8 Å². The van der Waals surface area contributed by atoms with Gasteiger partial charge in [-0.2, -0.15) is 10.2 Å². The van der Waals surface area contributed by atoms with Gasteiger partial charge in [0.1, 0.15) is 0 Å². The van der Waals surface area contributed by atoms with Crippen molar-refractivity contribution in [2.75, 3.05) is 0 Å². The lowest BCUT2D eigenvalue weighted by Crippen LogP contribution is -1.94. The number of hydrogen-bond acceptors (Lipinski definition) is 2. The van der Waals surface area contributed by atoms with Crippen molar-refractivity contribution < 1.29 is 0 Å². The fourth-order valence-corrected chi connectivity index (χ4v) is 1.49. The van der Waals surface area contributed by atoms with Crippen molar-refractivity contribution in [2.24, 2.45) is 10.2 Å². The molecule has 0 fully saturated rings. The minimum atomic E-state index is 0.898. The zero-order valence-corrected chi connectivity index (χ0v) is 5.93. The third-order valence-corrected chi connectivity index (χ3v) is 2.08. The van der Waals surface area contributed by atoms with Gasteiger partial charge in [0.2, 0.25) is 0 Å². The third kappa shape index (κ3) is 0.719. The van der Waals surface area contributed by atoms with Crippen LogP contribution in [-0.2, 0) is 0 Å².